The zero-order chi connectivity index (χ0) is 13.3. The van der Waals surface area contributed by atoms with E-state index in [9.17, 15) is 0 Å². The highest BCUT2D eigenvalue weighted by molar-refractivity contribution is 6.31. The molecule has 0 atom stereocenters. The molecule has 0 saturated heterocycles. The van der Waals surface area contributed by atoms with Gasteiger partial charge in [0.15, 0.2) is 0 Å². The van der Waals surface area contributed by atoms with Gasteiger partial charge in [-0.05, 0) is 30.5 Å². The Labute approximate surface area is 112 Å². The highest BCUT2D eigenvalue weighted by atomic mass is 35.5. The number of benzene rings is 1. The van der Waals surface area contributed by atoms with Gasteiger partial charge >= 0.3 is 0 Å². The second-order valence-corrected chi connectivity index (χ2v) is 4.98. The van der Waals surface area contributed by atoms with E-state index in [1.165, 1.54) is 0 Å². The fraction of sp³-hybridized carbons (Fsp3) is 0.385. The molecule has 0 unspecified atom stereocenters. The molecule has 0 radical (unpaired) electrons. The molecule has 2 rings (SSSR count). The van der Waals surface area contributed by atoms with Crippen molar-refractivity contribution in [2.45, 2.75) is 33.2 Å². The normalized spacial score (nSPS) is 11.2. The Balaban J connectivity index is 2.64. The monoisotopic (exact) mass is 264 g/mol. The van der Waals surface area contributed by atoms with E-state index in [0.29, 0.717) is 12.5 Å². The molecule has 5 heteroatoms. The van der Waals surface area contributed by atoms with Crippen LogP contribution in [0.4, 0.5) is 0 Å². The van der Waals surface area contributed by atoms with E-state index in [-0.39, 0.29) is 0 Å². The van der Waals surface area contributed by atoms with Gasteiger partial charge in [-0.3, -0.25) is 0 Å². The molecule has 0 spiro atoms. The lowest BCUT2D eigenvalue weighted by atomic mass is 10.1. The van der Waals surface area contributed by atoms with Gasteiger partial charge in [-0.25, -0.2) is 4.68 Å². The predicted octanol–water partition coefficient (Wildman–Crippen LogP) is 2.81. The SMILES string of the molecule is Cc1c(Cl)cccc1-n1nnc(CN)c1C(C)C. The summed E-state index contributed by atoms with van der Waals surface area (Å²) in [5, 5.41) is 9.09. The molecule has 0 saturated carbocycles. The maximum absolute atomic E-state index is 6.15. The van der Waals surface area contributed by atoms with Gasteiger partial charge in [-0.1, -0.05) is 36.7 Å². The summed E-state index contributed by atoms with van der Waals surface area (Å²) >= 11 is 6.15. The first-order chi connectivity index (χ1) is 8.56. The number of aromatic nitrogens is 3. The van der Waals surface area contributed by atoms with Crippen molar-refractivity contribution in [3.63, 3.8) is 0 Å². The Morgan fingerprint density at radius 2 is 2.11 bits per heavy atom. The van der Waals surface area contributed by atoms with Crippen LogP contribution in [0.15, 0.2) is 18.2 Å². The molecule has 0 aliphatic carbocycles. The standard InChI is InChI=1S/C13H17ClN4/c1-8(2)13-11(7-15)16-17-18(13)12-6-4-5-10(14)9(12)3/h4-6,8H,7,15H2,1-3H3. The van der Waals surface area contributed by atoms with Gasteiger partial charge in [0.25, 0.3) is 0 Å². The molecule has 0 aliphatic heterocycles. The summed E-state index contributed by atoms with van der Waals surface area (Å²) in [7, 11) is 0. The van der Waals surface area contributed by atoms with Crippen molar-refractivity contribution < 1.29 is 0 Å². The van der Waals surface area contributed by atoms with Crippen molar-refractivity contribution in [2.75, 3.05) is 0 Å². The zero-order valence-corrected chi connectivity index (χ0v) is 11.6. The average molecular weight is 265 g/mol. The first-order valence-electron chi connectivity index (χ1n) is 5.96. The Morgan fingerprint density at radius 3 is 2.72 bits per heavy atom. The largest absolute Gasteiger partial charge is 0.325 e. The van der Waals surface area contributed by atoms with E-state index >= 15 is 0 Å². The van der Waals surface area contributed by atoms with Crippen LogP contribution in [0.1, 0.15) is 36.7 Å². The zero-order valence-electron chi connectivity index (χ0n) is 10.8. The Morgan fingerprint density at radius 1 is 1.39 bits per heavy atom. The van der Waals surface area contributed by atoms with Gasteiger partial charge in [0.1, 0.15) is 5.69 Å². The topological polar surface area (TPSA) is 56.7 Å². The molecule has 4 nitrogen and oxygen atoms in total. The van der Waals surface area contributed by atoms with Gasteiger partial charge < -0.3 is 5.73 Å². The van der Waals surface area contributed by atoms with E-state index < -0.39 is 0 Å². The molecule has 0 bridgehead atoms. The van der Waals surface area contributed by atoms with Crippen molar-refractivity contribution >= 4 is 11.6 Å². The van der Waals surface area contributed by atoms with Crippen LogP contribution in [0, 0.1) is 6.92 Å². The smallest absolute Gasteiger partial charge is 0.100 e. The van der Waals surface area contributed by atoms with Gasteiger partial charge in [0.05, 0.1) is 11.4 Å². The summed E-state index contributed by atoms with van der Waals surface area (Å²) in [4.78, 5) is 0. The van der Waals surface area contributed by atoms with Gasteiger partial charge in [-0.15, -0.1) is 5.10 Å². The second-order valence-electron chi connectivity index (χ2n) is 4.58. The van der Waals surface area contributed by atoms with Gasteiger partial charge in [-0.2, -0.15) is 0 Å². The number of hydrogen-bond acceptors (Lipinski definition) is 3. The van der Waals surface area contributed by atoms with Crippen molar-refractivity contribution in [3.8, 4) is 5.69 Å². The van der Waals surface area contributed by atoms with Crippen LogP contribution in [0.2, 0.25) is 5.02 Å². The first kappa shape index (κ1) is 13.1. The number of nitrogens with zero attached hydrogens (tertiary/aromatic N) is 3. The van der Waals surface area contributed by atoms with Crippen molar-refractivity contribution in [3.05, 3.63) is 40.2 Å². The number of hydrogen-bond donors (Lipinski definition) is 1. The Hall–Kier alpha value is -1.39. The second kappa shape index (κ2) is 5.08. The lowest BCUT2D eigenvalue weighted by Crippen LogP contribution is -2.09. The minimum Gasteiger partial charge on any atom is -0.325 e. The molecule has 1 aromatic heterocycles. The molecule has 2 aromatic rings. The van der Waals surface area contributed by atoms with Crippen LogP contribution in [-0.2, 0) is 6.54 Å². The number of rotatable bonds is 3. The highest BCUT2D eigenvalue weighted by Crippen LogP contribution is 2.26. The van der Waals surface area contributed by atoms with E-state index in [1.807, 2.05) is 29.8 Å². The Kier molecular flexibility index (Phi) is 3.68. The quantitative estimate of drug-likeness (QED) is 0.927. The molecule has 0 fully saturated rings. The maximum Gasteiger partial charge on any atom is 0.100 e. The highest BCUT2D eigenvalue weighted by Gasteiger charge is 2.17. The average Bonchev–Trinajstić information content (AvgIpc) is 2.76. The minimum atomic E-state index is 0.303. The number of nitrogens with two attached hydrogens (primary N) is 1. The van der Waals surface area contributed by atoms with Crippen molar-refractivity contribution in [1.29, 1.82) is 0 Å². The third kappa shape index (κ3) is 2.13. The summed E-state index contributed by atoms with van der Waals surface area (Å²) in [6.07, 6.45) is 0. The molecule has 0 amide bonds. The van der Waals surface area contributed by atoms with Crippen LogP contribution in [0.3, 0.4) is 0 Å². The molecule has 2 N–H and O–H groups in total. The summed E-state index contributed by atoms with van der Waals surface area (Å²) in [5.74, 6) is 0.303. The first-order valence-corrected chi connectivity index (χ1v) is 6.34. The van der Waals surface area contributed by atoms with Crippen LogP contribution >= 0.6 is 11.6 Å². The molecular weight excluding hydrogens is 248 g/mol. The molecule has 1 aromatic carbocycles. The third-order valence-electron chi connectivity index (χ3n) is 2.99. The van der Waals surface area contributed by atoms with Crippen molar-refractivity contribution in [1.82, 2.24) is 15.0 Å². The summed E-state index contributed by atoms with van der Waals surface area (Å²) in [6, 6.07) is 5.77. The van der Waals surface area contributed by atoms with Crippen molar-refractivity contribution in [2.24, 2.45) is 5.73 Å². The van der Waals surface area contributed by atoms with Gasteiger partial charge in [0.2, 0.25) is 0 Å². The summed E-state index contributed by atoms with van der Waals surface area (Å²) < 4.78 is 1.84. The maximum atomic E-state index is 6.15. The van der Waals surface area contributed by atoms with E-state index in [1.54, 1.807) is 0 Å². The van der Waals surface area contributed by atoms with Crippen LogP contribution in [0.5, 0.6) is 0 Å². The fourth-order valence-electron chi connectivity index (χ4n) is 2.05. The molecule has 96 valence electrons. The summed E-state index contributed by atoms with van der Waals surface area (Å²) in [6.45, 7) is 6.58. The predicted molar refractivity (Wildman–Crippen MR) is 73.1 cm³/mol. The minimum absolute atomic E-state index is 0.303. The van der Waals surface area contributed by atoms with Crippen LogP contribution in [-0.4, -0.2) is 15.0 Å². The van der Waals surface area contributed by atoms with E-state index in [2.05, 4.69) is 24.2 Å². The fourth-order valence-corrected chi connectivity index (χ4v) is 2.22. The summed E-state index contributed by atoms with van der Waals surface area (Å²) in [5.41, 5.74) is 9.54. The Bertz CT molecular complexity index is 560. The number of halogens is 1. The van der Waals surface area contributed by atoms with Crippen LogP contribution in [0.25, 0.3) is 5.69 Å². The van der Waals surface area contributed by atoms with E-state index in [0.717, 1.165) is 27.7 Å². The van der Waals surface area contributed by atoms with E-state index in [4.69, 9.17) is 17.3 Å². The molecular formula is C13H17ClN4. The molecule has 0 aliphatic rings. The van der Waals surface area contributed by atoms with Gasteiger partial charge in [0, 0.05) is 11.6 Å². The lowest BCUT2D eigenvalue weighted by molar-refractivity contribution is 0.711. The molecule has 1 heterocycles. The molecule has 18 heavy (non-hydrogen) atoms. The third-order valence-corrected chi connectivity index (χ3v) is 3.40. The lowest BCUT2D eigenvalue weighted by Gasteiger charge is -2.13. The van der Waals surface area contributed by atoms with Crippen LogP contribution < -0.4 is 5.73 Å².